The number of carbonyl (C=O) groups is 6. The molecule has 0 unspecified atom stereocenters. The van der Waals surface area contributed by atoms with Crippen LogP contribution in [0.3, 0.4) is 0 Å². The van der Waals surface area contributed by atoms with Gasteiger partial charge in [0.05, 0.1) is 67.5 Å². The van der Waals surface area contributed by atoms with E-state index in [0.29, 0.717) is 34.2 Å². The topological polar surface area (TPSA) is 301 Å². The molecule has 6 heterocycles. The van der Waals surface area contributed by atoms with Crippen LogP contribution >= 0.6 is 15.6 Å². The number of hydrogen-bond acceptors (Lipinski definition) is 12. The minimum absolute atomic E-state index is 0. The van der Waals surface area contributed by atoms with Gasteiger partial charge in [0.2, 0.25) is 0 Å². The van der Waals surface area contributed by atoms with Gasteiger partial charge < -0.3 is 30.6 Å². The van der Waals surface area contributed by atoms with Gasteiger partial charge in [0.1, 0.15) is 0 Å². The largest absolute Gasteiger partial charge is 2.00 e. The molecular formula is C36H24F12N6O12P2Ru. The van der Waals surface area contributed by atoms with Crippen molar-refractivity contribution in [3.8, 4) is 34.2 Å². The zero-order chi connectivity index (χ0) is 52.2. The van der Waals surface area contributed by atoms with Crippen LogP contribution in [0.1, 0.15) is 62.1 Å². The molecule has 0 radical (unpaired) electrons. The van der Waals surface area contributed by atoms with E-state index in [0.717, 1.165) is 0 Å². The van der Waals surface area contributed by atoms with Crippen LogP contribution in [-0.2, 0) is 19.5 Å². The third kappa shape index (κ3) is 26.3. The first-order valence-corrected chi connectivity index (χ1v) is 21.0. The Labute approximate surface area is 387 Å². The number of carboxylic acids is 6. The number of nitrogens with zero attached hydrogens (tertiary/aromatic N) is 6. The third-order valence-electron chi connectivity index (χ3n) is 6.83. The fraction of sp³-hybridized carbons (Fsp3) is 0. The Balaban J connectivity index is 0.000000452. The van der Waals surface area contributed by atoms with Crippen molar-refractivity contribution in [2.75, 3.05) is 0 Å². The quantitative estimate of drug-likeness (QED) is 0.0445. The van der Waals surface area contributed by atoms with Crippen LogP contribution < -0.4 is 0 Å². The third-order valence-corrected chi connectivity index (χ3v) is 6.83. The predicted molar refractivity (Wildman–Crippen MR) is 211 cm³/mol. The van der Waals surface area contributed by atoms with Crippen LogP contribution in [0, 0.1) is 0 Å². The van der Waals surface area contributed by atoms with Crippen molar-refractivity contribution in [1.82, 2.24) is 29.9 Å². The van der Waals surface area contributed by atoms with Crippen LogP contribution in [0.4, 0.5) is 50.4 Å². The summed E-state index contributed by atoms with van der Waals surface area (Å²) in [6.45, 7) is 0. The summed E-state index contributed by atoms with van der Waals surface area (Å²) in [5, 5.41) is 53.1. The second-order valence-corrected chi connectivity index (χ2v) is 16.2. The maximum atomic E-state index is 10.8. The van der Waals surface area contributed by atoms with Gasteiger partial charge in [-0.2, -0.15) is 0 Å². The molecule has 18 nitrogen and oxygen atoms in total. The molecule has 33 heteroatoms. The molecule has 0 spiro atoms. The van der Waals surface area contributed by atoms with Gasteiger partial charge in [-0.15, -0.1) is 0 Å². The van der Waals surface area contributed by atoms with Gasteiger partial charge in [-0.25, -0.2) is 28.8 Å². The fourth-order valence-corrected chi connectivity index (χ4v) is 4.22. The minimum Gasteiger partial charge on any atom is -0.478 e. The Morgan fingerprint density at radius 1 is 0.290 bits per heavy atom. The standard InChI is InChI=1S/3C12H8N2O4.2F6P.Ru/c3*15-11(16)7-1-3-13-9(5-7)10-6-8(12(17)18)2-4-14-10;2*1-7(2,3,4,5)6;/h3*1-6H,(H,15,16)(H,17,18);;;/q;;;2*-1;+2. The Morgan fingerprint density at radius 2 is 0.391 bits per heavy atom. The molecule has 0 aliphatic carbocycles. The molecule has 0 bridgehead atoms. The van der Waals surface area contributed by atoms with E-state index in [9.17, 15) is 79.1 Å². The maximum absolute atomic E-state index is 10.8. The van der Waals surface area contributed by atoms with Gasteiger partial charge in [0.25, 0.3) is 0 Å². The van der Waals surface area contributed by atoms with E-state index in [2.05, 4.69) is 29.9 Å². The van der Waals surface area contributed by atoms with Gasteiger partial charge >= 0.3 is 121 Å². The number of aromatic nitrogens is 6. The first-order valence-electron chi connectivity index (χ1n) is 16.9. The summed E-state index contributed by atoms with van der Waals surface area (Å²) >= 11 is 0. The molecule has 0 aliphatic heterocycles. The molecule has 0 amide bonds. The summed E-state index contributed by atoms with van der Waals surface area (Å²) in [7, 11) is -21.3. The number of hydrogen-bond donors (Lipinski definition) is 6. The SMILES string of the molecule is F[P-](F)(F)(F)(F)F.F[P-](F)(F)(F)(F)F.O=C(O)c1ccnc(-c2cc(C(=O)O)ccn2)c1.O=C(O)c1ccnc(-c2cc(C(=O)O)ccn2)c1.O=C(O)c1ccnc(-c2cc(C(=O)O)ccn2)c1.[Ru+2]. The second-order valence-electron chi connectivity index (χ2n) is 12.3. The summed E-state index contributed by atoms with van der Waals surface area (Å²) in [5.41, 5.74) is 2.34. The molecule has 0 aromatic carbocycles. The average molecular weight is 1120 g/mol. The molecule has 0 atom stereocenters. The summed E-state index contributed by atoms with van der Waals surface area (Å²) in [6, 6.07) is 16.2. The zero-order valence-corrected chi connectivity index (χ0v) is 36.5. The monoisotopic (exact) mass is 1120 g/mol. The molecule has 0 fully saturated rings. The van der Waals surface area contributed by atoms with Gasteiger partial charge in [0, 0.05) is 37.2 Å². The Hall–Kier alpha value is -7.64. The molecule has 0 saturated carbocycles. The number of aromatic carboxylic acids is 6. The van der Waals surface area contributed by atoms with Crippen molar-refractivity contribution in [1.29, 1.82) is 0 Å². The maximum Gasteiger partial charge on any atom is 2.00 e. The van der Waals surface area contributed by atoms with Crippen molar-refractivity contribution in [2.45, 2.75) is 0 Å². The summed E-state index contributed by atoms with van der Waals surface area (Å²) in [5.74, 6) is -6.46. The van der Waals surface area contributed by atoms with Gasteiger partial charge in [-0.05, 0) is 72.8 Å². The number of carboxylic acid groups (broad SMARTS) is 6. The van der Waals surface area contributed by atoms with E-state index < -0.39 is 51.4 Å². The van der Waals surface area contributed by atoms with E-state index in [1.54, 1.807) is 0 Å². The van der Waals surface area contributed by atoms with Gasteiger partial charge in [0.15, 0.2) is 0 Å². The minimum atomic E-state index is -10.7. The predicted octanol–water partition coefficient (Wildman–Crippen LogP) is 11.4. The Kier molecular flexibility index (Phi) is 18.2. The van der Waals surface area contributed by atoms with Crippen LogP contribution in [0.2, 0.25) is 0 Å². The van der Waals surface area contributed by atoms with Crippen LogP contribution in [0.5, 0.6) is 0 Å². The van der Waals surface area contributed by atoms with E-state index >= 15 is 0 Å². The van der Waals surface area contributed by atoms with Crippen LogP contribution in [0.25, 0.3) is 34.2 Å². The molecule has 6 N–H and O–H groups in total. The number of pyridine rings is 6. The van der Waals surface area contributed by atoms with Crippen molar-refractivity contribution >= 4 is 51.4 Å². The normalized spacial score (nSPS) is 12.5. The zero-order valence-electron chi connectivity index (χ0n) is 33.0. The molecule has 372 valence electrons. The van der Waals surface area contributed by atoms with E-state index in [-0.39, 0.29) is 52.9 Å². The smallest absolute Gasteiger partial charge is 0.478 e. The first kappa shape index (κ1) is 59.4. The molecule has 6 rings (SSSR count). The molecular weight excluding hydrogens is 1100 g/mol. The van der Waals surface area contributed by atoms with Crippen LogP contribution in [-0.4, -0.2) is 96.4 Å². The van der Waals surface area contributed by atoms with E-state index in [4.69, 9.17) is 30.6 Å². The number of halogens is 12. The van der Waals surface area contributed by atoms with Crippen molar-refractivity contribution in [3.05, 3.63) is 143 Å². The van der Waals surface area contributed by atoms with Gasteiger partial charge in [-0.3, -0.25) is 29.9 Å². The number of rotatable bonds is 9. The van der Waals surface area contributed by atoms with Crippen molar-refractivity contribution in [2.24, 2.45) is 0 Å². The Bertz CT molecular complexity index is 2430. The van der Waals surface area contributed by atoms with E-state index in [1.807, 2.05) is 0 Å². The van der Waals surface area contributed by atoms with Crippen molar-refractivity contribution in [3.63, 3.8) is 0 Å². The first-order chi connectivity index (χ1) is 30.6. The Morgan fingerprint density at radius 3 is 0.478 bits per heavy atom. The molecule has 0 saturated heterocycles. The fourth-order valence-electron chi connectivity index (χ4n) is 4.22. The van der Waals surface area contributed by atoms with Crippen LogP contribution in [0.15, 0.2) is 110 Å². The van der Waals surface area contributed by atoms with Crippen molar-refractivity contribution < 1.29 is 129 Å². The summed E-state index contributed by atoms with van der Waals surface area (Å²) in [6.07, 6.45) is 8.05. The summed E-state index contributed by atoms with van der Waals surface area (Å²) in [4.78, 5) is 88.7. The molecule has 69 heavy (non-hydrogen) atoms. The molecule has 0 aliphatic rings. The van der Waals surface area contributed by atoms with E-state index in [1.165, 1.54) is 110 Å². The average Bonchev–Trinajstić information content (AvgIpc) is 3.22. The molecule has 6 aromatic heterocycles. The summed E-state index contributed by atoms with van der Waals surface area (Å²) < 4.78 is 118. The second kappa shape index (κ2) is 21.1. The van der Waals surface area contributed by atoms with Gasteiger partial charge in [-0.1, -0.05) is 0 Å². The molecule has 6 aromatic rings.